The van der Waals surface area contributed by atoms with Crippen LogP contribution in [0, 0.1) is 22.7 Å². The minimum absolute atomic E-state index is 0.165. The van der Waals surface area contributed by atoms with E-state index in [1.54, 1.807) is 0 Å². The van der Waals surface area contributed by atoms with Crippen molar-refractivity contribution in [2.45, 2.75) is 12.0 Å². The van der Waals surface area contributed by atoms with Gasteiger partial charge in [-0.05, 0) is 23.3 Å². The summed E-state index contributed by atoms with van der Waals surface area (Å²) < 4.78 is 0. The van der Waals surface area contributed by atoms with Crippen molar-refractivity contribution in [1.82, 2.24) is 14.9 Å². The molecule has 0 unspecified atom stereocenters. The van der Waals surface area contributed by atoms with Crippen LogP contribution in [0.15, 0.2) is 84.9 Å². The van der Waals surface area contributed by atoms with E-state index in [0.29, 0.717) is 17.0 Å². The number of aromatic nitrogens is 2. The van der Waals surface area contributed by atoms with Gasteiger partial charge in [-0.15, -0.1) is 0 Å². The molecule has 34 heavy (non-hydrogen) atoms. The highest BCUT2D eigenvalue weighted by atomic mass is 15.3. The van der Waals surface area contributed by atoms with Gasteiger partial charge in [0, 0.05) is 26.2 Å². The lowest BCUT2D eigenvalue weighted by Crippen LogP contribution is -2.48. The molecule has 0 amide bonds. The second-order valence-electron chi connectivity index (χ2n) is 8.36. The van der Waals surface area contributed by atoms with Gasteiger partial charge in [0.15, 0.2) is 11.7 Å². The van der Waals surface area contributed by atoms with E-state index in [1.807, 2.05) is 36.4 Å². The van der Waals surface area contributed by atoms with Crippen LogP contribution in [-0.2, 0) is 0 Å². The lowest BCUT2D eigenvalue weighted by molar-refractivity contribution is 0.212. The van der Waals surface area contributed by atoms with Crippen molar-refractivity contribution in [3.8, 4) is 12.1 Å². The first-order valence-electron chi connectivity index (χ1n) is 11.4. The van der Waals surface area contributed by atoms with E-state index in [1.165, 1.54) is 11.1 Å². The highest BCUT2D eigenvalue weighted by Crippen LogP contribution is 2.32. The van der Waals surface area contributed by atoms with Crippen molar-refractivity contribution in [1.29, 1.82) is 10.5 Å². The maximum atomic E-state index is 9.57. The summed E-state index contributed by atoms with van der Waals surface area (Å²) in [6.45, 7) is 3.12. The van der Waals surface area contributed by atoms with Gasteiger partial charge in [-0.25, -0.2) is 9.97 Å². The maximum Gasteiger partial charge on any atom is 0.178 e. The van der Waals surface area contributed by atoms with Gasteiger partial charge in [0.1, 0.15) is 5.69 Å². The fourth-order valence-corrected chi connectivity index (χ4v) is 4.66. The average Bonchev–Trinajstić information content (AvgIpc) is 2.91. The minimum Gasteiger partial charge on any atom is -0.352 e. The standard InChI is InChI=1S/C28H24N6/c29-19-23(20-30)26-28(32-25-14-8-7-13-24(25)31-26)34-17-15-33(16-18-34)27(21-9-3-1-4-10-21)22-11-5-2-6-12-22/h1-14,23,27H,15-18H2. The Morgan fingerprint density at radius 1 is 0.647 bits per heavy atom. The number of benzene rings is 3. The first-order valence-corrected chi connectivity index (χ1v) is 11.4. The molecule has 1 aromatic heterocycles. The molecular weight excluding hydrogens is 420 g/mol. The first kappa shape index (κ1) is 21.6. The normalized spacial score (nSPS) is 14.3. The molecule has 1 aliphatic rings. The van der Waals surface area contributed by atoms with E-state index in [0.717, 1.165) is 31.7 Å². The van der Waals surface area contributed by atoms with Crippen LogP contribution in [0.4, 0.5) is 5.82 Å². The molecule has 0 aliphatic carbocycles. The molecule has 6 heteroatoms. The van der Waals surface area contributed by atoms with E-state index in [9.17, 15) is 10.5 Å². The van der Waals surface area contributed by atoms with Crippen LogP contribution in [0.2, 0.25) is 0 Å². The molecule has 1 aliphatic heterocycles. The minimum atomic E-state index is -0.952. The molecule has 6 nitrogen and oxygen atoms in total. The van der Waals surface area contributed by atoms with Crippen LogP contribution in [0.3, 0.4) is 0 Å². The van der Waals surface area contributed by atoms with Crippen molar-refractivity contribution in [2.75, 3.05) is 31.1 Å². The molecule has 0 N–H and O–H groups in total. The van der Waals surface area contributed by atoms with Crippen LogP contribution in [-0.4, -0.2) is 41.0 Å². The largest absolute Gasteiger partial charge is 0.352 e. The second-order valence-corrected chi connectivity index (χ2v) is 8.36. The lowest BCUT2D eigenvalue weighted by atomic mass is 9.96. The topological polar surface area (TPSA) is 79.8 Å². The van der Waals surface area contributed by atoms with Gasteiger partial charge < -0.3 is 4.90 Å². The second kappa shape index (κ2) is 9.70. The number of anilines is 1. The summed E-state index contributed by atoms with van der Waals surface area (Å²) in [4.78, 5) is 14.2. The molecule has 0 spiro atoms. The predicted octanol–water partition coefficient (Wildman–Crippen LogP) is 4.67. The van der Waals surface area contributed by atoms with E-state index in [-0.39, 0.29) is 6.04 Å². The number of nitriles is 2. The zero-order valence-electron chi connectivity index (χ0n) is 18.7. The molecule has 0 atom stereocenters. The third kappa shape index (κ3) is 4.20. The van der Waals surface area contributed by atoms with E-state index in [4.69, 9.17) is 4.98 Å². The number of piperazine rings is 1. The zero-order valence-corrected chi connectivity index (χ0v) is 18.7. The number of hydrogen-bond donors (Lipinski definition) is 0. The quantitative estimate of drug-likeness (QED) is 0.445. The summed E-state index contributed by atoms with van der Waals surface area (Å²) in [6, 6.07) is 33.1. The van der Waals surface area contributed by atoms with Gasteiger partial charge >= 0.3 is 0 Å². The molecule has 5 rings (SSSR count). The Morgan fingerprint density at radius 3 is 1.68 bits per heavy atom. The fraction of sp³-hybridized carbons (Fsp3) is 0.214. The van der Waals surface area contributed by atoms with Gasteiger partial charge in [-0.1, -0.05) is 72.8 Å². The Kier molecular flexibility index (Phi) is 6.16. The van der Waals surface area contributed by atoms with Gasteiger partial charge in [0.2, 0.25) is 0 Å². The maximum absolute atomic E-state index is 9.57. The van der Waals surface area contributed by atoms with Crippen LogP contribution < -0.4 is 4.90 Å². The fourth-order valence-electron chi connectivity index (χ4n) is 4.66. The Labute approximate surface area is 199 Å². The molecule has 1 fully saturated rings. The van der Waals surface area contributed by atoms with Gasteiger partial charge in [-0.2, -0.15) is 10.5 Å². The SMILES string of the molecule is N#CC(C#N)c1nc2ccccc2nc1N1CCN(C(c2ccccc2)c2ccccc2)CC1. The molecule has 4 aromatic rings. The molecule has 2 heterocycles. The highest BCUT2D eigenvalue weighted by molar-refractivity contribution is 5.77. The summed E-state index contributed by atoms with van der Waals surface area (Å²) in [7, 11) is 0. The lowest BCUT2D eigenvalue weighted by Gasteiger charge is -2.40. The molecule has 0 bridgehead atoms. The van der Waals surface area contributed by atoms with Crippen LogP contribution in [0.5, 0.6) is 0 Å². The summed E-state index contributed by atoms with van der Waals surface area (Å²) in [5.41, 5.74) is 4.44. The molecule has 0 radical (unpaired) electrons. The number of fused-ring (bicyclic) bond motifs is 1. The monoisotopic (exact) mass is 444 g/mol. The third-order valence-corrected chi connectivity index (χ3v) is 6.32. The number of nitrogens with zero attached hydrogens (tertiary/aromatic N) is 6. The molecule has 166 valence electrons. The predicted molar refractivity (Wildman–Crippen MR) is 132 cm³/mol. The van der Waals surface area contributed by atoms with Crippen LogP contribution in [0.25, 0.3) is 11.0 Å². The Hall–Kier alpha value is -4.26. The number of para-hydroxylation sites is 2. The zero-order chi connectivity index (χ0) is 23.3. The smallest absolute Gasteiger partial charge is 0.178 e. The summed E-state index contributed by atoms with van der Waals surface area (Å²) in [5, 5.41) is 19.1. The molecular formula is C28H24N6. The Bertz CT molecular complexity index is 1300. The van der Waals surface area contributed by atoms with E-state index in [2.05, 4.69) is 75.5 Å². The molecule has 3 aromatic carbocycles. The Balaban J connectivity index is 1.45. The van der Waals surface area contributed by atoms with Crippen molar-refractivity contribution in [3.63, 3.8) is 0 Å². The van der Waals surface area contributed by atoms with E-state index < -0.39 is 5.92 Å². The molecule has 1 saturated heterocycles. The Morgan fingerprint density at radius 2 is 1.15 bits per heavy atom. The number of rotatable bonds is 5. The van der Waals surface area contributed by atoms with Crippen molar-refractivity contribution in [3.05, 3.63) is 102 Å². The number of hydrogen-bond acceptors (Lipinski definition) is 6. The summed E-state index contributed by atoms with van der Waals surface area (Å²) in [5.74, 6) is -0.311. The van der Waals surface area contributed by atoms with Crippen LogP contribution >= 0.6 is 0 Å². The van der Waals surface area contributed by atoms with Gasteiger partial charge in [0.05, 0.1) is 29.2 Å². The molecule has 0 saturated carbocycles. The van der Waals surface area contributed by atoms with Crippen LogP contribution in [0.1, 0.15) is 28.8 Å². The van der Waals surface area contributed by atoms with E-state index >= 15 is 0 Å². The third-order valence-electron chi connectivity index (χ3n) is 6.32. The summed E-state index contributed by atoms with van der Waals surface area (Å²) in [6.07, 6.45) is 0. The van der Waals surface area contributed by atoms with Gasteiger partial charge in [-0.3, -0.25) is 4.90 Å². The highest BCUT2D eigenvalue weighted by Gasteiger charge is 2.29. The van der Waals surface area contributed by atoms with Crippen molar-refractivity contribution in [2.24, 2.45) is 0 Å². The average molecular weight is 445 g/mol. The summed E-state index contributed by atoms with van der Waals surface area (Å²) >= 11 is 0. The first-order chi connectivity index (χ1) is 16.8. The van der Waals surface area contributed by atoms with Crippen molar-refractivity contribution < 1.29 is 0 Å². The van der Waals surface area contributed by atoms with Crippen molar-refractivity contribution >= 4 is 16.9 Å². The van der Waals surface area contributed by atoms with Gasteiger partial charge in [0.25, 0.3) is 0 Å².